The zero-order chi connectivity index (χ0) is 13.1. The van der Waals surface area contributed by atoms with Gasteiger partial charge >= 0.3 is 0 Å². The molecule has 0 saturated heterocycles. The Morgan fingerprint density at radius 2 is 1.18 bits per heavy atom. The van der Waals surface area contributed by atoms with Crippen LogP contribution < -0.4 is 0 Å². The van der Waals surface area contributed by atoms with Gasteiger partial charge in [0.15, 0.2) is 6.23 Å². The van der Waals surface area contributed by atoms with E-state index in [1.165, 1.54) is 62.6 Å². The summed E-state index contributed by atoms with van der Waals surface area (Å²) in [4.78, 5) is 0. The molecule has 0 amide bonds. The van der Waals surface area contributed by atoms with Crippen LogP contribution in [0.25, 0.3) is 0 Å². The summed E-state index contributed by atoms with van der Waals surface area (Å²) in [6.45, 7) is 13.0. The Morgan fingerprint density at radius 1 is 0.824 bits per heavy atom. The van der Waals surface area contributed by atoms with E-state index in [9.17, 15) is 0 Å². The van der Waals surface area contributed by atoms with Gasteiger partial charge < -0.3 is 4.74 Å². The number of nitrogens with zero attached hydrogens (tertiary/aromatic N) is 1. The normalized spacial score (nSPS) is 13.9. The second-order valence-corrected chi connectivity index (χ2v) is 5.29. The smallest absolute Gasteiger partial charge is 0.190 e. The van der Waals surface area contributed by atoms with E-state index in [-0.39, 0.29) is 0 Å². The topological polar surface area (TPSA) is 9.23 Å². The van der Waals surface area contributed by atoms with Crippen molar-refractivity contribution >= 4 is 0 Å². The van der Waals surface area contributed by atoms with Gasteiger partial charge in [0.05, 0.1) is 19.6 Å². The predicted molar refractivity (Wildman–Crippen MR) is 76.1 cm³/mol. The number of methoxy groups -OCH3 is 1. The van der Waals surface area contributed by atoms with Crippen LogP contribution >= 0.6 is 0 Å². The summed E-state index contributed by atoms with van der Waals surface area (Å²) >= 11 is 0. The minimum absolute atomic E-state index is 0.347. The van der Waals surface area contributed by atoms with Crippen molar-refractivity contribution in [1.29, 1.82) is 0 Å². The van der Waals surface area contributed by atoms with Gasteiger partial charge in [-0.2, -0.15) is 0 Å². The van der Waals surface area contributed by atoms with Gasteiger partial charge in [0.1, 0.15) is 0 Å². The fourth-order valence-corrected chi connectivity index (χ4v) is 2.52. The van der Waals surface area contributed by atoms with Crippen molar-refractivity contribution in [3.63, 3.8) is 0 Å². The van der Waals surface area contributed by atoms with Crippen molar-refractivity contribution in [1.82, 2.24) is 0 Å². The molecule has 0 radical (unpaired) electrons. The van der Waals surface area contributed by atoms with Crippen molar-refractivity contribution in [2.24, 2.45) is 0 Å². The summed E-state index contributed by atoms with van der Waals surface area (Å²) < 4.78 is 6.85. The van der Waals surface area contributed by atoms with Gasteiger partial charge in [-0.3, -0.25) is 4.48 Å². The lowest BCUT2D eigenvalue weighted by molar-refractivity contribution is -0.970. The molecule has 0 saturated carbocycles. The first kappa shape index (κ1) is 16.9. The van der Waals surface area contributed by atoms with Gasteiger partial charge in [-0.25, -0.2) is 0 Å². The van der Waals surface area contributed by atoms with Crippen LogP contribution in [0.3, 0.4) is 0 Å². The van der Waals surface area contributed by atoms with Crippen LogP contribution in [0.15, 0.2) is 0 Å². The predicted octanol–water partition coefficient (Wildman–Crippen LogP) is 4.20. The third-order valence-electron chi connectivity index (χ3n) is 3.98. The number of unbranched alkanes of at least 4 members (excludes halogenated alkanes) is 3. The largest absolute Gasteiger partial charge is 0.333 e. The highest BCUT2D eigenvalue weighted by atomic mass is 16.5. The van der Waals surface area contributed by atoms with E-state index >= 15 is 0 Å². The van der Waals surface area contributed by atoms with Crippen LogP contribution in [0.1, 0.15) is 66.2 Å². The zero-order valence-electron chi connectivity index (χ0n) is 12.8. The molecule has 0 N–H and O–H groups in total. The third kappa shape index (κ3) is 5.87. The number of ether oxygens (including phenoxy) is 1. The summed E-state index contributed by atoms with van der Waals surface area (Å²) in [6, 6.07) is 0. The van der Waals surface area contributed by atoms with Crippen LogP contribution in [-0.2, 0) is 4.74 Å². The van der Waals surface area contributed by atoms with Crippen LogP contribution in [0.4, 0.5) is 0 Å². The van der Waals surface area contributed by atoms with Crippen LogP contribution in [-0.4, -0.2) is 37.5 Å². The number of quaternary nitrogens is 1. The first-order valence-corrected chi connectivity index (χ1v) is 7.55. The zero-order valence-corrected chi connectivity index (χ0v) is 12.8. The van der Waals surface area contributed by atoms with Gasteiger partial charge in [0.25, 0.3) is 0 Å². The lowest BCUT2D eigenvalue weighted by Gasteiger charge is -2.43. The quantitative estimate of drug-likeness (QED) is 0.391. The van der Waals surface area contributed by atoms with E-state index in [2.05, 4.69) is 27.7 Å². The molecule has 2 heteroatoms. The first-order chi connectivity index (χ1) is 8.16. The highest BCUT2D eigenvalue weighted by Gasteiger charge is 2.32. The molecule has 0 aromatic carbocycles. The van der Waals surface area contributed by atoms with E-state index in [4.69, 9.17) is 4.74 Å². The lowest BCUT2D eigenvalue weighted by atomic mass is 10.1. The second-order valence-electron chi connectivity index (χ2n) is 5.29. The lowest BCUT2D eigenvalue weighted by Crippen LogP contribution is -2.56. The van der Waals surface area contributed by atoms with Crippen LogP contribution in [0, 0.1) is 0 Å². The molecule has 0 rings (SSSR count). The molecule has 104 valence electrons. The monoisotopic (exact) mass is 244 g/mol. The molecule has 0 heterocycles. The van der Waals surface area contributed by atoms with E-state index in [0.717, 1.165) is 0 Å². The Morgan fingerprint density at radius 3 is 1.41 bits per heavy atom. The molecule has 0 aromatic heterocycles. The van der Waals surface area contributed by atoms with Gasteiger partial charge in [-0.1, -0.05) is 40.0 Å². The molecule has 1 unspecified atom stereocenters. The van der Waals surface area contributed by atoms with Crippen molar-refractivity contribution in [2.75, 3.05) is 26.7 Å². The molecular weight excluding hydrogens is 210 g/mol. The Kier molecular flexibility index (Phi) is 9.85. The van der Waals surface area contributed by atoms with Gasteiger partial charge in [0, 0.05) is 14.0 Å². The first-order valence-electron chi connectivity index (χ1n) is 7.55. The van der Waals surface area contributed by atoms with Crippen molar-refractivity contribution in [3.05, 3.63) is 0 Å². The average molecular weight is 244 g/mol. The highest BCUT2D eigenvalue weighted by Crippen LogP contribution is 2.20. The molecule has 17 heavy (non-hydrogen) atoms. The molecular formula is C15H34NO+. The van der Waals surface area contributed by atoms with E-state index in [1.807, 2.05) is 7.11 Å². The van der Waals surface area contributed by atoms with Crippen molar-refractivity contribution in [2.45, 2.75) is 72.4 Å². The maximum absolute atomic E-state index is 5.68. The van der Waals surface area contributed by atoms with E-state index in [1.54, 1.807) is 0 Å². The Labute approximate surface area is 109 Å². The van der Waals surface area contributed by atoms with Gasteiger partial charge in [0.2, 0.25) is 0 Å². The molecule has 0 aliphatic heterocycles. The molecule has 0 aliphatic carbocycles. The van der Waals surface area contributed by atoms with Gasteiger partial charge in [-0.15, -0.1) is 0 Å². The van der Waals surface area contributed by atoms with Crippen LogP contribution in [0.2, 0.25) is 0 Å². The molecule has 0 aliphatic rings. The van der Waals surface area contributed by atoms with Gasteiger partial charge in [-0.05, 0) is 19.3 Å². The molecule has 0 aromatic rings. The summed E-state index contributed by atoms with van der Waals surface area (Å²) in [7, 11) is 1.86. The summed E-state index contributed by atoms with van der Waals surface area (Å²) in [5, 5.41) is 0. The number of hydrogen-bond acceptors (Lipinski definition) is 1. The standard InChI is InChI=1S/C15H34NO/c1-6-9-12-16(13-10-7-2,14-11-8-3)15(4)17-5/h15H,6-14H2,1-5H3/q+1. The average Bonchev–Trinajstić information content (AvgIpc) is 2.37. The molecule has 1 atom stereocenters. The summed E-state index contributed by atoms with van der Waals surface area (Å²) in [5.74, 6) is 0. The third-order valence-corrected chi connectivity index (χ3v) is 3.98. The number of hydrogen-bond donors (Lipinski definition) is 0. The molecule has 0 spiro atoms. The fourth-order valence-electron chi connectivity index (χ4n) is 2.52. The SMILES string of the molecule is CCCC[N+](CCCC)(CCCC)C(C)OC. The van der Waals surface area contributed by atoms with Crippen molar-refractivity contribution in [3.8, 4) is 0 Å². The summed E-state index contributed by atoms with van der Waals surface area (Å²) in [5.41, 5.74) is 0. The van der Waals surface area contributed by atoms with Crippen LogP contribution in [0.5, 0.6) is 0 Å². The maximum Gasteiger partial charge on any atom is 0.190 e. The Hall–Kier alpha value is -0.0800. The summed E-state index contributed by atoms with van der Waals surface area (Å²) in [6.07, 6.45) is 8.17. The maximum atomic E-state index is 5.68. The molecule has 0 bridgehead atoms. The van der Waals surface area contributed by atoms with Crippen molar-refractivity contribution < 1.29 is 9.22 Å². The Bertz CT molecular complexity index is 149. The highest BCUT2D eigenvalue weighted by molar-refractivity contribution is 4.50. The van der Waals surface area contributed by atoms with E-state index < -0.39 is 0 Å². The Balaban J connectivity index is 4.63. The minimum atomic E-state index is 0.347. The molecule has 2 nitrogen and oxygen atoms in total. The number of rotatable bonds is 11. The minimum Gasteiger partial charge on any atom is -0.333 e. The fraction of sp³-hybridized carbons (Fsp3) is 1.00. The van der Waals surface area contributed by atoms with E-state index in [0.29, 0.717) is 6.23 Å². The second kappa shape index (κ2) is 9.90. The molecule has 0 fully saturated rings.